The summed E-state index contributed by atoms with van der Waals surface area (Å²) in [5.74, 6) is -1.09. The number of hydrogen-bond donors (Lipinski definition) is 2. The average Bonchev–Trinajstić information content (AvgIpc) is 3.44. The number of fused-ring (bicyclic) bond motifs is 5. The molecule has 2 aromatic heterocycles. The highest BCUT2D eigenvalue weighted by atomic mass is 19.1. The molecule has 3 aromatic rings. The minimum atomic E-state index is -1.52. The fourth-order valence-electron chi connectivity index (χ4n) is 6.49. The lowest BCUT2D eigenvalue weighted by Gasteiger charge is -2.35. The summed E-state index contributed by atoms with van der Waals surface area (Å²) >= 11 is 0. The number of halogens is 1. The molecule has 3 unspecified atom stereocenters. The summed E-state index contributed by atoms with van der Waals surface area (Å²) in [6, 6.07) is 3.14. The van der Waals surface area contributed by atoms with Crippen LogP contribution < -0.4 is 5.56 Å². The van der Waals surface area contributed by atoms with Gasteiger partial charge in [-0.25, -0.2) is 14.2 Å². The lowest BCUT2D eigenvalue weighted by atomic mass is 9.81. The van der Waals surface area contributed by atoms with Crippen molar-refractivity contribution in [3.8, 4) is 11.4 Å². The summed E-state index contributed by atoms with van der Waals surface area (Å²) < 4.78 is 21.5. The van der Waals surface area contributed by atoms with Gasteiger partial charge in [0.25, 0.3) is 5.56 Å². The summed E-state index contributed by atoms with van der Waals surface area (Å²) in [5, 5.41) is 21.6. The van der Waals surface area contributed by atoms with Gasteiger partial charge >= 0.3 is 5.97 Å². The number of likely N-dealkylation sites (tertiary alicyclic amines) is 1. The van der Waals surface area contributed by atoms with E-state index < -0.39 is 12.1 Å². The smallest absolute Gasteiger partial charge is 0.340 e. The van der Waals surface area contributed by atoms with Crippen LogP contribution in [0, 0.1) is 12.7 Å². The number of pyridine rings is 2. The number of hydrogen-bond acceptors (Lipinski definition) is 7. The van der Waals surface area contributed by atoms with Gasteiger partial charge in [0.2, 0.25) is 0 Å². The number of cyclic esters (lactones) is 1. The molecule has 3 atom stereocenters. The van der Waals surface area contributed by atoms with Crippen LogP contribution in [-0.2, 0) is 29.1 Å². The largest absolute Gasteiger partial charge is 0.458 e. The fourth-order valence-corrected chi connectivity index (χ4v) is 6.49. The summed E-state index contributed by atoms with van der Waals surface area (Å²) in [7, 11) is 0. The molecule has 7 rings (SSSR count). The van der Waals surface area contributed by atoms with Crippen molar-refractivity contribution in [3.63, 3.8) is 0 Å². The van der Waals surface area contributed by atoms with Crippen LogP contribution in [0.1, 0.15) is 58.4 Å². The number of benzene rings is 1. The number of β-amino-alcohol motifs (C(OH)–C–C–N with tert-alkyl or cyclic N) is 1. The molecule has 2 N–H and O–H groups in total. The highest BCUT2D eigenvalue weighted by Gasteiger charge is 2.39. The second kappa shape index (κ2) is 7.19. The third-order valence-electron chi connectivity index (χ3n) is 8.25. The number of aliphatic hydroxyl groups excluding tert-OH is 2. The predicted octanol–water partition coefficient (Wildman–Crippen LogP) is 2.02. The molecule has 180 valence electrons. The molecule has 5 heterocycles. The van der Waals surface area contributed by atoms with Crippen LogP contribution in [0.15, 0.2) is 16.9 Å². The molecule has 4 aliphatic rings. The zero-order chi connectivity index (χ0) is 24.2. The SMILES string of the molecule is Cc1c(F)cc2nc3c(c4c2c1CCC4N1CCC(O)C1)Cn1c-3cc2c(c1=O)COC(=O)C2O. The van der Waals surface area contributed by atoms with E-state index in [4.69, 9.17) is 9.72 Å². The second-order valence-electron chi connectivity index (χ2n) is 10.1. The molecule has 1 fully saturated rings. The van der Waals surface area contributed by atoms with Crippen molar-refractivity contribution in [1.29, 1.82) is 0 Å². The van der Waals surface area contributed by atoms with E-state index in [9.17, 15) is 24.2 Å². The van der Waals surface area contributed by atoms with E-state index in [1.54, 1.807) is 17.6 Å². The Balaban J connectivity index is 1.52. The Bertz CT molecular complexity index is 1530. The van der Waals surface area contributed by atoms with Crippen LogP contribution in [0.2, 0.25) is 0 Å². The molecule has 35 heavy (non-hydrogen) atoms. The molecule has 0 saturated carbocycles. The van der Waals surface area contributed by atoms with Gasteiger partial charge in [0.1, 0.15) is 12.4 Å². The Labute approximate surface area is 199 Å². The summed E-state index contributed by atoms with van der Waals surface area (Å²) in [4.78, 5) is 32.5. The molecular formula is C26H24FN3O5. The number of aromatic nitrogens is 2. The molecular weight excluding hydrogens is 453 g/mol. The first-order chi connectivity index (χ1) is 16.8. The number of carbonyl (C=O) groups excluding carboxylic acids is 1. The molecule has 1 saturated heterocycles. The molecule has 0 bridgehead atoms. The number of aryl methyl sites for hydroxylation is 1. The maximum Gasteiger partial charge on any atom is 0.340 e. The third-order valence-corrected chi connectivity index (χ3v) is 8.25. The van der Waals surface area contributed by atoms with E-state index in [-0.39, 0.29) is 41.3 Å². The third kappa shape index (κ3) is 2.80. The molecule has 9 heteroatoms. The minimum absolute atomic E-state index is 0.0268. The van der Waals surface area contributed by atoms with E-state index in [1.807, 2.05) is 0 Å². The minimum Gasteiger partial charge on any atom is -0.458 e. The van der Waals surface area contributed by atoms with Gasteiger partial charge in [-0.3, -0.25) is 9.69 Å². The maximum absolute atomic E-state index is 14.9. The molecule has 1 aliphatic carbocycles. The van der Waals surface area contributed by atoms with Gasteiger partial charge in [-0.15, -0.1) is 0 Å². The normalized spacial score (nSPS) is 24.9. The first-order valence-electron chi connectivity index (χ1n) is 12.0. The Morgan fingerprint density at radius 1 is 1.14 bits per heavy atom. The Kier molecular flexibility index (Phi) is 4.35. The molecule has 8 nitrogen and oxygen atoms in total. The fraction of sp³-hybridized carbons (Fsp3) is 0.423. The lowest BCUT2D eigenvalue weighted by molar-refractivity contribution is -0.157. The molecule has 0 radical (unpaired) electrons. The first-order valence-corrected chi connectivity index (χ1v) is 12.0. The van der Waals surface area contributed by atoms with Gasteiger partial charge in [0, 0.05) is 41.7 Å². The van der Waals surface area contributed by atoms with Gasteiger partial charge in [0.15, 0.2) is 6.10 Å². The van der Waals surface area contributed by atoms with Crippen molar-refractivity contribution in [2.45, 2.75) is 57.6 Å². The molecule has 3 aliphatic heterocycles. The maximum atomic E-state index is 14.9. The Morgan fingerprint density at radius 2 is 1.97 bits per heavy atom. The predicted molar refractivity (Wildman–Crippen MR) is 123 cm³/mol. The number of ether oxygens (including phenoxy) is 1. The topological polar surface area (TPSA) is 105 Å². The summed E-state index contributed by atoms with van der Waals surface area (Å²) in [6.07, 6.45) is 0.323. The van der Waals surface area contributed by atoms with Crippen LogP contribution in [0.5, 0.6) is 0 Å². The number of nitrogens with zero attached hydrogens (tertiary/aromatic N) is 3. The van der Waals surface area contributed by atoms with E-state index in [0.717, 1.165) is 41.5 Å². The van der Waals surface area contributed by atoms with Crippen LogP contribution in [0.25, 0.3) is 22.3 Å². The van der Waals surface area contributed by atoms with Gasteiger partial charge in [-0.1, -0.05) is 0 Å². The van der Waals surface area contributed by atoms with Crippen LogP contribution >= 0.6 is 0 Å². The van der Waals surface area contributed by atoms with E-state index >= 15 is 0 Å². The van der Waals surface area contributed by atoms with Crippen molar-refractivity contribution in [2.75, 3.05) is 13.1 Å². The highest BCUT2D eigenvalue weighted by molar-refractivity contribution is 5.93. The zero-order valence-corrected chi connectivity index (χ0v) is 19.2. The van der Waals surface area contributed by atoms with E-state index in [0.29, 0.717) is 42.0 Å². The van der Waals surface area contributed by atoms with Crippen LogP contribution in [0.4, 0.5) is 4.39 Å². The number of carbonyl (C=O) groups is 1. The average molecular weight is 477 g/mol. The summed E-state index contributed by atoms with van der Waals surface area (Å²) in [6.45, 7) is 3.28. The van der Waals surface area contributed by atoms with Crippen LogP contribution in [0.3, 0.4) is 0 Å². The lowest BCUT2D eigenvalue weighted by Crippen LogP contribution is -2.33. The molecule has 0 amide bonds. The van der Waals surface area contributed by atoms with E-state index in [1.165, 1.54) is 6.07 Å². The van der Waals surface area contributed by atoms with Gasteiger partial charge in [0.05, 0.1) is 35.1 Å². The Morgan fingerprint density at radius 3 is 2.74 bits per heavy atom. The number of rotatable bonds is 1. The second-order valence-corrected chi connectivity index (χ2v) is 10.1. The quantitative estimate of drug-likeness (QED) is 0.404. The van der Waals surface area contributed by atoms with Gasteiger partial charge < -0.3 is 19.5 Å². The first kappa shape index (κ1) is 21.2. The van der Waals surface area contributed by atoms with Crippen molar-refractivity contribution in [1.82, 2.24) is 14.5 Å². The van der Waals surface area contributed by atoms with Gasteiger partial charge in [-0.05, 0) is 48.9 Å². The Hall–Kier alpha value is -3.14. The molecule has 0 spiro atoms. The van der Waals surface area contributed by atoms with Crippen molar-refractivity contribution >= 4 is 16.9 Å². The number of esters is 1. The van der Waals surface area contributed by atoms with Crippen molar-refractivity contribution in [3.05, 3.63) is 61.7 Å². The highest BCUT2D eigenvalue weighted by Crippen LogP contribution is 2.47. The van der Waals surface area contributed by atoms with E-state index in [2.05, 4.69) is 4.90 Å². The number of aliphatic hydroxyl groups is 2. The zero-order valence-electron chi connectivity index (χ0n) is 19.2. The molecule has 1 aromatic carbocycles. The van der Waals surface area contributed by atoms with Crippen molar-refractivity contribution in [2.24, 2.45) is 0 Å². The van der Waals surface area contributed by atoms with Crippen LogP contribution in [-0.4, -0.2) is 49.8 Å². The monoisotopic (exact) mass is 477 g/mol. The van der Waals surface area contributed by atoms with Gasteiger partial charge in [-0.2, -0.15) is 0 Å². The van der Waals surface area contributed by atoms with Crippen molar-refractivity contribution < 1.29 is 24.1 Å². The standard InChI is InChI=1S/C26H24FN3O5/c1-11-13-2-3-19(29-5-4-12(31)8-29)22-15-9-30-20(23(15)28-18(21(13)22)7-17(11)27)6-14-16(25(30)33)10-35-26(34)24(14)32/h6-7,12,19,24,31-32H,2-5,8-10H2,1H3. The summed E-state index contributed by atoms with van der Waals surface area (Å²) in [5.41, 5.74) is 5.40.